The molecule has 14 heavy (non-hydrogen) atoms. The molecule has 0 spiro atoms. The number of hydrogen-bond acceptors (Lipinski definition) is 2. The summed E-state index contributed by atoms with van der Waals surface area (Å²) in [6, 6.07) is 4.26. The topological polar surface area (TPSA) is 43.8 Å². The minimum absolute atomic E-state index is 0.195. The minimum atomic E-state index is 0.195. The molecule has 0 saturated carbocycles. The van der Waals surface area contributed by atoms with E-state index in [0.29, 0.717) is 0 Å². The first-order valence-electron chi connectivity index (χ1n) is 4.83. The Balaban J connectivity index is 2.55. The average Bonchev–Trinajstić information content (AvgIpc) is 2.44. The number of fused-ring (bicyclic) bond motifs is 1. The van der Waals surface area contributed by atoms with E-state index in [1.807, 2.05) is 30.8 Å². The first-order chi connectivity index (χ1) is 6.68. The summed E-state index contributed by atoms with van der Waals surface area (Å²) in [4.78, 5) is 4.33. The van der Waals surface area contributed by atoms with E-state index in [9.17, 15) is 0 Å². The molecule has 2 N–H and O–H groups in total. The van der Waals surface area contributed by atoms with Crippen LogP contribution in [0.3, 0.4) is 0 Å². The third-order valence-electron chi connectivity index (χ3n) is 2.36. The second-order valence-corrected chi connectivity index (χ2v) is 3.82. The van der Waals surface area contributed by atoms with E-state index in [4.69, 9.17) is 5.73 Å². The summed E-state index contributed by atoms with van der Waals surface area (Å²) in [5.74, 6) is 0. The highest BCUT2D eigenvalue weighted by Crippen LogP contribution is 2.18. The summed E-state index contributed by atoms with van der Waals surface area (Å²) in [7, 11) is 2.01. The van der Waals surface area contributed by atoms with Gasteiger partial charge in [-0.05, 0) is 31.0 Å². The second kappa shape index (κ2) is 3.42. The first-order valence-corrected chi connectivity index (χ1v) is 4.83. The van der Waals surface area contributed by atoms with Crippen molar-refractivity contribution in [3.8, 4) is 0 Å². The Morgan fingerprint density at radius 1 is 1.57 bits per heavy atom. The second-order valence-electron chi connectivity index (χ2n) is 3.82. The van der Waals surface area contributed by atoms with Crippen LogP contribution in [0.25, 0.3) is 11.0 Å². The van der Waals surface area contributed by atoms with Crippen molar-refractivity contribution in [1.82, 2.24) is 9.55 Å². The van der Waals surface area contributed by atoms with Crippen LogP contribution in [0.15, 0.2) is 24.5 Å². The molecule has 2 aromatic rings. The molecule has 0 saturated heterocycles. The molecule has 2 rings (SSSR count). The van der Waals surface area contributed by atoms with E-state index in [1.54, 1.807) is 0 Å². The fourth-order valence-electron chi connectivity index (χ4n) is 1.80. The molecule has 3 heteroatoms. The Morgan fingerprint density at radius 2 is 2.36 bits per heavy atom. The number of nitrogens with two attached hydrogens (primary N) is 1. The van der Waals surface area contributed by atoms with Crippen molar-refractivity contribution in [2.24, 2.45) is 12.8 Å². The summed E-state index contributed by atoms with van der Waals surface area (Å²) in [5.41, 5.74) is 8.11. The van der Waals surface area contributed by atoms with Gasteiger partial charge in [-0.25, -0.2) is 4.98 Å². The van der Waals surface area contributed by atoms with Crippen molar-refractivity contribution in [2.45, 2.75) is 19.4 Å². The van der Waals surface area contributed by atoms with Gasteiger partial charge in [-0.1, -0.05) is 0 Å². The fourth-order valence-corrected chi connectivity index (χ4v) is 1.80. The van der Waals surface area contributed by atoms with Crippen LogP contribution in [0.1, 0.15) is 12.5 Å². The smallest absolute Gasteiger partial charge is 0.139 e. The van der Waals surface area contributed by atoms with Crippen LogP contribution >= 0.6 is 0 Å². The van der Waals surface area contributed by atoms with Gasteiger partial charge in [-0.2, -0.15) is 0 Å². The highest BCUT2D eigenvalue weighted by atomic mass is 15.0. The van der Waals surface area contributed by atoms with Crippen molar-refractivity contribution < 1.29 is 0 Å². The highest BCUT2D eigenvalue weighted by Gasteiger charge is 2.07. The molecule has 1 atom stereocenters. The van der Waals surface area contributed by atoms with Gasteiger partial charge in [0.15, 0.2) is 0 Å². The van der Waals surface area contributed by atoms with E-state index >= 15 is 0 Å². The summed E-state index contributed by atoms with van der Waals surface area (Å²) in [6.45, 7) is 2.02. The normalized spacial score (nSPS) is 13.4. The molecule has 0 fully saturated rings. The van der Waals surface area contributed by atoms with E-state index in [2.05, 4.69) is 17.2 Å². The third-order valence-corrected chi connectivity index (χ3v) is 2.36. The highest BCUT2D eigenvalue weighted by molar-refractivity contribution is 5.80. The predicted molar refractivity (Wildman–Crippen MR) is 58.1 cm³/mol. The van der Waals surface area contributed by atoms with Crippen LogP contribution in [0.2, 0.25) is 0 Å². The first kappa shape index (κ1) is 9.21. The quantitative estimate of drug-likeness (QED) is 0.777. The SMILES string of the molecule is CC(N)Cc1cn(C)c2ncccc12. The van der Waals surface area contributed by atoms with Crippen molar-refractivity contribution >= 4 is 11.0 Å². The van der Waals surface area contributed by atoms with E-state index in [-0.39, 0.29) is 6.04 Å². The molecule has 0 amide bonds. The summed E-state index contributed by atoms with van der Waals surface area (Å²) >= 11 is 0. The molecule has 0 radical (unpaired) electrons. The van der Waals surface area contributed by atoms with Gasteiger partial charge in [0.05, 0.1) is 0 Å². The van der Waals surface area contributed by atoms with Gasteiger partial charge in [0.1, 0.15) is 5.65 Å². The summed E-state index contributed by atoms with van der Waals surface area (Å²) < 4.78 is 2.05. The number of hydrogen-bond donors (Lipinski definition) is 1. The van der Waals surface area contributed by atoms with Gasteiger partial charge in [-0.15, -0.1) is 0 Å². The Morgan fingerprint density at radius 3 is 3.07 bits per heavy atom. The summed E-state index contributed by atoms with van der Waals surface area (Å²) in [5, 5.41) is 1.22. The zero-order valence-corrected chi connectivity index (χ0v) is 8.57. The number of pyridine rings is 1. The number of nitrogens with zero attached hydrogens (tertiary/aromatic N) is 2. The Labute approximate surface area is 83.6 Å². The Hall–Kier alpha value is -1.35. The maximum absolute atomic E-state index is 5.80. The lowest BCUT2D eigenvalue weighted by atomic mass is 10.1. The van der Waals surface area contributed by atoms with Crippen LogP contribution in [-0.2, 0) is 13.5 Å². The van der Waals surface area contributed by atoms with Crippen molar-refractivity contribution in [3.05, 3.63) is 30.1 Å². The summed E-state index contributed by atoms with van der Waals surface area (Å²) in [6.07, 6.45) is 4.84. The fraction of sp³-hybridized carbons (Fsp3) is 0.364. The molecule has 0 bridgehead atoms. The number of aryl methyl sites for hydroxylation is 1. The third kappa shape index (κ3) is 1.51. The van der Waals surface area contributed by atoms with E-state index in [0.717, 1.165) is 12.1 Å². The zero-order chi connectivity index (χ0) is 10.1. The number of rotatable bonds is 2. The lowest BCUT2D eigenvalue weighted by molar-refractivity contribution is 0.738. The molecule has 1 unspecified atom stereocenters. The van der Waals surface area contributed by atoms with Crippen LogP contribution in [-0.4, -0.2) is 15.6 Å². The van der Waals surface area contributed by atoms with Crippen LogP contribution in [0.5, 0.6) is 0 Å². The molecule has 0 aliphatic rings. The average molecular weight is 189 g/mol. The molecule has 0 aromatic carbocycles. The molecule has 3 nitrogen and oxygen atoms in total. The van der Waals surface area contributed by atoms with Crippen molar-refractivity contribution in [3.63, 3.8) is 0 Å². The van der Waals surface area contributed by atoms with Gasteiger partial charge in [0.2, 0.25) is 0 Å². The molecule has 74 valence electrons. The van der Waals surface area contributed by atoms with Crippen LogP contribution in [0.4, 0.5) is 0 Å². The minimum Gasteiger partial charge on any atom is -0.335 e. The van der Waals surface area contributed by atoms with Crippen LogP contribution < -0.4 is 5.73 Å². The maximum atomic E-state index is 5.80. The van der Waals surface area contributed by atoms with E-state index in [1.165, 1.54) is 10.9 Å². The predicted octanol–water partition coefficient (Wildman–Crippen LogP) is 1.46. The Kier molecular flexibility index (Phi) is 2.25. The monoisotopic (exact) mass is 189 g/mol. The molecule has 0 aliphatic carbocycles. The van der Waals surface area contributed by atoms with Gasteiger partial charge in [0, 0.05) is 30.9 Å². The van der Waals surface area contributed by atoms with E-state index < -0.39 is 0 Å². The van der Waals surface area contributed by atoms with Gasteiger partial charge in [0.25, 0.3) is 0 Å². The van der Waals surface area contributed by atoms with Gasteiger partial charge < -0.3 is 10.3 Å². The molecular weight excluding hydrogens is 174 g/mol. The van der Waals surface area contributed by atoms with Crippen LogP contribution in [0, 0.1) is 0 Å². The molecular formula is C11H15N3. The lowest BCUT2D eigenvalue weighted by Crippen LogP contribution is -2.17. The number of aromatic nitrogens is 2. The molecule has 0 aliphatic heterocycles. The lowest BCUT2D eigenvalue weighted by Gasteiger charge is -2.01. The standard InChI is InChI=1S/C11H15N3/c1-8(12)6-9-7-14(2)11-10(9)4-3-5-13-11/h3-5,7-8H,6,12H2,1-2H3. The van der Waals surface area contributed by atoms with Crippen molar-refractivity contribution in [2.75, 3.05) is 0 Å². The van der Waals surface area contributed by atoms with Crippen molar-refractivity contribution in [1.29, 1.82) is 0 Å². The molecule has 2 heterocycles. The molecule has 2 aromatic heterocycles. The largest absolute Gasteiger partial charge is 0.335 e. The maximum Gasteiger partial charge on any atom is 0.139 e. The zero-order valence-electron chi connectivity index (χ0n) is 8.57. The van der Waals surface area contributed by atoms with Gasteiger partial charge >= 0.3 is 0 Å². The Bertz CT molecular complexity index is 443. The van der Waals surface area contributed by atoms with Gasteiger partial charge in [-0.3, -0.25) is 0 Å².